The minimum absolute atomic E-state index is 0.131. The second-order valence-corrected chi connectivity index (χ2v) is 7.98. The molecule has 4 nitrogen and oxygen atoms in total. The smallest absolute Gasteiger partial charge is 0.148 e. The fourth-order valence-corrected chi connectivity index (χ4v) is 3.27. The summed E-state index contributed by atoms with van der Waals surface area (Å²) in [6, 6.07) is 14.9. The van der Waals surface area contributed by atoms with Gasteiger partial charge in [0.05, 0.1) is 37.1 Å². The summed E-state index contributed by atoms with van der Waals surface area (Å²) in [5.41, 5.74) is 8.50. The number of aromatic nitrogens is 1. The van der Waals surface area contributed by atoms with Crippen molar-refractivity contribution in [1.82, 2.24) is 4.57 Å². The van der Waals surface area contributed by atoms with E-state index in [0.29, 0.717) is 13.2 Å². The van der Waals surface area contributed by atoms with E-state index in [1.54, 1.807) is 6.07 Å². The topological polar surface area (TPSA) is 60.4 Å². The van der Waals surface area contributed by atoms with E-state index in [0.717, 1.165) is 22.2 Å². The molecule has 3 N–H and O–H groups in total. The van der Waals surface area contributed by atoms with Crippen molar-refractivity contribution in [3.63, 3.8) is 0 Å². The maximum Gasteiger partial charge on any atom is 0.148 e. The van der Waals surface area contributed by atoms with Crippen molar-refractivity contribution in [2.24, 2.45) is 0 Å². The summed E-state index contributed by atoms with van der Waals surface area (Å²) in [5, 5.41) is 11.4. The molecule has 0 saturated carbocycles. The van der Waals surface area contributed by atoms with E-state index in [-0.39, 0.29) is 17.7 Å². The van der Waals surface area contributed by atoms with Crippen LogP contribution in [0.15, 0.2) is 48.5 Å². The first-order valence-corrected chi connectivity index (χ1v) is 9.14. The van der Waals surface area contributed by atoms with Crippen molar-refractivity contribution < 1.29 is 14.2 Å². The van der Waals surface area contributed by atoms with E-state index in [4.69, 9.17) is 10.5 Å². The Hall–Kier alpha value is -2.37. The molecule has 1 heterocycles. The van der Waals surface area contributed by atoms with Gasteiger partial charge in [0.25, 0.3) is 0 Å². The monoisotopic (exact) mass is 370 g/mol. The molecule has 27 heavy (non-hydrogen) atoms. The van der Waals surface area contributed by atoms with Crippen molar-refractivity contribution in [3.05, 3.63) is 65.6 Å². The number of nitrogens with two attached hydrogens (primary N) is 1. The molecule has 0 saturated heterocycles. The molecule has 3 aromatic rings. The number of ether oxygens (including phenoxy) is 1. The highest BCUT2D eigenvalue weighted by Gasteiger charge is 2.23. The lowest BCUT2D eigenvalue weighted by Gasteiger charge is -2.24. The maximum atomic E-state index is 14.0. The van der Waals surface area contributed by atoms with Gasteiger partial charge in [-0.2, -0.15) is 0 Å². The van der Waals surface area contributed by atoms with Crippen molar-refractivity contribution in [2.45, 2.75) is 45.4 Å². The van der Waals surface area contributed by atoms with E-state index < -0.39 is 11.9 Å². The average Bonchev–Trinajstić information content (AvgIpc) is 2.94. The number of rotatable bonds is 6. The van der Waals surface area contributed by atoms with Gasteiger partial charge in [0.15, 0.2) is 0 Å². The Morgan fingerprint density at radius 1 is 1.15 bits per heavy atom. The summed E-state index contributed by atoms with van der Waals surface area (Å²) in [6.45, 7) is 7.26. The van der Waals surface area contributed by atoms with Crippen LogP contribution in [0.2, 0.25) is 0 Å². The zero-order chi connectivity index (χ0) is 19.6. The van der Waals surface area contributed by atoms with E-state index in [2.05, 4.69) is 20.8 Å². The Kier molecular flexibility index (Phi) is 5.53. The molecular formula is C22H27FN2O2. The Morgan fingerprint density at radius 2 is 1.85 bits per heavy atom. The zero-order valence-electron chi connectivity index (χ0n) is 16.1. The van der Waals surface area contributed by atoms with Crippen LogP contribution in [0.5, 0.6) is 0 Å². The number of benzene rings is 2. The number of anilines is 1. The molecular weight excluding hydrogens is 343 g/mol. The molecule has 0 radical (unpaired) electrons. The minimum Gasteiger partial charge on any atom is -0.396 e. The van der Waals surface area contributed by atoms with Gasteiger partial charge in [-0.05, 0) is 17.7 Å². The number of hydrogen-bond donors (Lipinski definition) is 2. The van der Waals surface area contributed by atoms with Gasteiger partial charge < -0.3 is 20.1 Å². The van der Waals surface area contributed by atoms with E-state index in [1.807, 2.05) is 41.0 Å². The Balaban J connectivity index is 1.79. The summed E-state index contributed by atoms with van der Waals surface area (Å²) in [4.78, 5) is 0. The van der Waals surface area contributed by atoms with Gasteiger partial charge in [-0.25, -0.2) is 4.39 Å². The van der Waals surface area contributed by atoms with Crippen LogP contribution in [0.1, 0.15) is 32.0 Å². The lowest BCUT2D eigenvalue weighted by Crippen LogP contribution is -2.26. The summed E-state index contributed by atoms with van der Waals surface area (Å²) < 4.78 is 21.7. The highest BCUT2D eigenvalue weighted by atomic mass is 19.1. The molecule has 0 spiro atoms. The summed E-state index contributed by atoms with van der Waals surface area (Å²) >= 11 is 0. The van der Waals surface area contributed by atoms with Gasteiger partial charge >= 0.3 is 0 Å². The third-order valence-corrected chi connectivity index (χ3v) is 4.60. The van der Waals surface area contributed by atoms with Gasteiger partial charge in [0, 0.05) is 22.6 Å². The number of fused-ring (bicyclic) bond motifs is 1. The average molecular weight is 370 g/mol. The highest BCUT2D eigenvalue weighted by Crippen LogP contribution is 2.31. The predicted octanol–water partition coefficient (Wildman–Crippen LogP) is 4.24. The van der Waals surface area contributed by atoms with Crippen LogP contribution in [0.3, 0.4) is 0 Å². The second-order valence-electron chi connectivity index (χ2n) is 7.98. The molecule has 0 aliphatic rings. The Bertz CT molecular complexity index is 913. The standard InChI is InChI=1S/C22H27FN2O2/c1-22(2,3)21-10-16-9-19(24)18(23)11-20(16)25(21)12-17(26)14-27-13-15-7-5-4-6-8-15/h4-11,17,26H,12-14,24H2,1-3H3. The Morgan fingerprint density at radius 3 is 2.52 bits per heavy atom. The maximum absolute atomic E-state index is 14.0. The number of nitrogen functional groups attached to an aromatic ring is 1. The molecule has 1 aromatic heterocycles. The quantitative estimate of drug-likeness (QED) is 0.638. The number of hydrogen-bond acceptors (Lipinski definition) is 3. The van der Waals surface area contributed by atoms with Crippen molar-refractivity contribution in [3.8, 4) is 0 Å². The fraction of sp³-hybridized carbons (Fsp3) is 0.364. The molecule has 5 heteroatoms. The van der Waals surface area contributed by atoms with Crippen LogP contribution in [0.4, 0.5) is 10.1 Å². The van der Waals surface area contributed by atoms with Crippen LogP contribution >= 0.6 is 0 Å². The molecule has 1 unspecified atom stereocenters. The fourth-order valence-electron chi connectivity index (χ4n) is 3.27. The number of aliphatic hydroxyl groups excluding tert-OH is 1. The van der Waals surface area contributed by atoms with Gasteiger partial charge in [-0.15, -0.1) is 0 Å². The van der Waals surface area contributed by atoms with Crippen molar-refractivity contribution >= 4 is 16.6 Å². The first kappa shape index (κ1) is 19.4. The second kappa shape index (κ2) is 7.71. The van der Waals surface area contributed by atoms with Gasteiger partial charge in [0.1, 0.15) is 5.82 Å². The third kappa shape index (κ3) is 4.49. The predicted molar refractivity (Wildman–Crippen MR) is 107 cm³/mol. The van der Waals surface area contributed by atoms with E-state index in [1.165, 1.54) is 6.07 Å². The SMILES string of the molecule is CC(C)(C)c1cc2cc(N)c(F)cc2n1CC(O)COCc1ccccc1. The Labute approximate surface area is 159 Å². The third-order valence-electron chi connectivity index (χ3n) is 4.60. The van der Waals surface area contributed by atoms with E-state index in [9.17, 15) is 9.50 Å². The molecule has 144 valence electrons. The van der Waals surface area contributed by atoms with Crippen LogP contribution < -0.4 is 5.73 Å². The number of nitrogens with zero attached hydrogens (tertiary/aromatic N) is 1. The number of halogens is 1. The van der Waals surface area contributed by atoms with Crippen LogP contribution in [-0.2, 0) is 23.3 Å². The molecule has 0 aliphatic heterocycles. The first-order valence-electron chi connectivity index (χ1n) is 9.14. The lowest BCUT2D eigenvalue weighted by atomic mass is 9.92. The minimum atomic E-state index is -0.703. The molecule has 0 aliphatic carbocycles. The molecule has 2 aromatic carbocycles. The van der Waals surface area contributed by atoms with Crippen LogP contribution in [-0.4, -0.2) is 22.4 Å². The molecule has 0 amide bonds. The molecule has 0 fully saturated rings. The first-order chi connectivity index (χ1) is 12.8. The highest BCUT2D eigenvalue weighted by molar-refractivity contribution is 5.85. The van der Waals surface area contributed by atoms with E-state index >= 15 is 0 Å². The van der Waals surface area contributed by atoms with Gasteiger partial charge in [0.2, 0.25) is 0 Å². The molecule has 0 bridgehead atoms. The van der Waals surface area contributed by atoms with Crippen molar-refractivity contribution in [1.29, 1.82) is 0 Å². The number of aliphatic hydroxyl groups is 1. The normalized spacial score (nSPS) is 13.2. The van der Waals surface area contributed by atoms with Gasteiger partial charge in [-0.3, -0.25) is 0 Å². The van der Waals surface area contributed by atoms with Crippen molar-refractivity contribution in [2.75, 3.05) is 12.3 Å². The molecule has 1 atom stereocenters. The largest absolute Gasteiger partial charge is 0.396 e. The summed E-state index contributed by atoms with van der Waals surface area (Å²) in [6.07, 6.45) is -0.703. The van der Waals surface area contributed by atoms with Gasteiger partial charge in [-0.1, -0.05) is 51.1 Å². The zero-order valence-corrected chi connectivity index (χ0v) is 16.1. The lowest BCUT2D eigenvalue weighted by molar-refractivity contribution is 0.0203. The summed E-state index contributed by atoms with van der Waals surface area (Å²) in [5.74, 6) is -0.447. The molecule has 3 rings (SSSR count). The van der Waals surface area contributed by atoms with Crippen LogP contribution in [0.25, 0.3) is 10.9 Å². The summed E-state index contributed by atoms with van der Waals surface area (Å²) in [7, 11) is 0. The van der Waals surface area contributed by atoms with Crippen LogP contribution in [0, 0.1) is 5.82 Å².